The number of β-amino-alcohol motifs (C(OH)–C–C–N with tert-alkyl or cyclic N) is 1. The number of ether oxygens (including phenoxy) is 1. The van der Waals surface area contributed by atoms with Crippen LogP contribution >= 0.6 is 0 Å². The Morgan fingerprint density at radius 2 is 2.09 bits per heavy atom. The molecule has 122 valence electrons. The van der Waals surface area contributed by atoms with E-state index in [0.717, 1.165) is 30.9 Å². The lowest BCUT2D eigenvalue weighted by atomic mass is 10.2. The summed E-state index contributed by atoms with van der Waals surface area (Å²) in [4.78, 5) is 16.3. The van der Waals surface area contributed by atoms with Gasteiger partial charge in [-0.15, -0.1) is 0 Å². The third-order valence-electron chi connectivity index (χ3n) is 3.92. The van der Waals surface area contributed by atoms with Gasteiger partial charge in [-0.3, -0.25) is 4.90 Å². The topological polar surface area (TPSA) is 65.0 Å². The van der Waals surface area contributed by atoms with Crippen LogP contribution in [0.2, 0.25) is 0 Å². The second kappa shape index (κ2) is 8.00. The first-order valence-corrected chi connectivity index (χ1v) is 7.72. The smallest absolute Gasteiger partial charge is 0.321 e. The number of hydrogen-bond donors (Lipinski definition) is 2. The zero-order valence-electron chi connectivity index (χ0n) is 13.3. The number of carbonyl (C=O) groups is 1. The van der Waals surface area contributed by atoms with E-state index in [1.165, 1.54) is 0 Å². The maximum Gasteiger partial charge on any atom is 0.321 e. The highest BCUT2D eigenvalue weighted by Gasteiger charge is 2.22. The van der Waals surface area contributed by atoms with E-state index in [0.29, 0.717) is 19.6 Å². The van der Waals surface area contributed by atoms with Crippen molar-refractivity contribution < 1.29 is 14.6 Å². The van der Waals surface area contributed by atoms with Gasteiger partial charge in [0.25, 0.3) is 0 Å². The Morgan fingerprint density at radius 3 is 2.73 bits per heavy atom. The molecule has 1 fully saturated rings. The molecular weight excluding hydrogens is 282 g/mol. The van der Waals surface area contributed by atoms with Crippen molar-refractivity contribution in [3.63, 3.8) is 0 Å². The second-order valence-electron chi connectivity index (χ2n) is 5.51. The maximum absolute atomic E-state index is 12.3. The number of rotatable bonds is 5. The number of methoxy groups -OCH3 is 1. The Labute approximate surface area is 131 Å². The summed E-state index contributed by atoms with van der Waals surface area (Å²) in [5.41, 5.74) is 0.730. The lowest BCUT2D eigenvalue weighted by Gasteiger charge is -2.35. The summed E-state index contributed by atoms with van der Waals surface area (Å²) < 4.78 is 5.15. The summed E-state index contributed by atoms with van der Waals surface area (Å²) in [6, 6.07) is 7.23. The second-order valence-corrected chi connectivity index (χ2v) is 5.51. The molecule has 1 atom stereocenters. The molecule has 2 amide bonds. The number of anilines is 1. The highest BCUT2D eigenvalue weighted by molar-refractivity contribution is 5.89. The van der Waals surface area contributed by atoms with Crippen molar-refractivity contribution in [3.05, 3.63) is 24.3 Å². The zero-order valence-corrected chi connectivity index (χ0v) is 13.3. The molecule has 0 bridgehead atoms. The van der Waals surface area contributed by atoms with E-state index in [1.807, 2.05) is 25.1 Å². The number of aliphatic hydroxyl groups is 1. The third-order valence-corrected chi connectivity index (χ3v) is 3.92. The summed E-state index contributed by atoms with van der Waals surface area (Å²) >= 11 is 0. The van der Waals surface area contributed by atoms with Gasteiger partial charge in [0.05, 0.1) is 13.2 Å². The Balaban J connectivity index is 1.82. The van der Waals surface area contributed by atoms with E-state index < -0.39 is 0 Å². The third kappa shape index (κ3) is 4.61. The van der Waals surface area contributed by atoms with Gasteiger partial charge in [-0.1, -0.05) is 13.0 Å². The van der Waals surface area contributed by atoms with E-state index in [4.69, 9.17) is 4.74 Å². The van der Waals surface area contributed by atoms with Crippen LogP contribution in [0.15, 0.2) is 24.3 Å². The van der Waals surface area contributed by atoms with Gasteiger partial charge in [-0.05, 0) is 18.6 Å². The minimum atomic E-state index is -0.280. The highest BCUT2D eigenvalue weighted by Crippen LogP contribution is 2.17. The number of amides is 2. The molecule has 6 nitrogen and oxygen atoms in total. The van der Waals surface area contributed by atoms with Gasteiger partial charge in [-0.2, -0.15) is 0 Å². The number of nitrogens with one attached hydrogen (secondary N) is 1. The quantitative estimate of drug-likeness (QED) is 0.867. The SMILES string of the molecule is CC[C@@H](O)CN1CCN(C(=O)Nc2cccc(OC)c2)CC1. The van der Waals surface area contributed by atoms with Gasteiger partial charge < -0.3 is 20.1 Å². The molecule has 1 aromatic rings. The summed E-state index contributed by atoms with van der Waals surface area (Å²) in [6.45, 7) is 5.59. The minimum absolute atomic E-state index is 0.0936. The van der Waals surface area contributed by atoms with E-state index in [-0.39, 0.29) is 12.1 Å². The number of piperazine rings is 1. The largest absolute Gasteiger partial charge is 0.497 e. The Kier molecular flexibility index (Phi) is 6.03. The first kappa shape index (κ1) is 16.6. The fourth-order valence-electron chi connectivity index (χ4n) is 2.46. The summed E-state index contributed by atoms with van der Waals surface area (Å²) in [6.07, 6.45) is 0.480. The van der Waals surface area contributed by atoms with E-state index in [9.17, 15) is 9.90 Å². The standard InChI is InChI=1S/C16H25N3O3/c1-3-14(20)12-18-7-9-19(10-8-18)16(21)17-13-5-4-6-15(11-13)22-2/h4-6,11,14,20H,3,7-10,12H2,1-2H3,(H,17,21)/t14-/m1/s1. The molecule has 0 radical (unpaired) electrons. The van der Waals surface area contributed by atoms with Crippen LogP contribution in [-0.2, 0) is 0 Å². The van der Waals surface area contributed by atoms with Crippen LogP contribution in [-0.4, -0.2) is 66.9 Å². The van der Waals surface area contributed by atoms with Gasteiger partial charge in [0.1, 0.15) is 5.75 Å². The first-order valence-electron chi connectivity index (χ1n) is 7.72. The van der Waals surface area contributed by atoms with Crippen molar-refractivity contribution >= 4 is 11.7 Å². The van der Waals surface area contributed by atoms with Crippen molar-refractivity contribution in [3.8, 4) is 5.75 Å². The molecule has 0 saturated carbocycles. The van der Waals surface area contributed by atoms with E-state index >= 15 is 0 Å². The molecular formula is C16H25N3O3. The molecule has 2 N–H and O–H groups in total. The molecule has 1 heterocycles. The molecule has 0 unspecified atom stereocenters. The molecule has 0 spiro atoms. The number of hydrogen-bond acceptors (Lipinski definition) is 4. The first-order chi connectivity index (χ1) is 10.6. The average Bonchev–Trinajstić information content (AvgIpc) is 2.55. The van der Waals surface area contributed by atoms with Gasteiger partial charge in [0.2, 0.25) is 0 Å². The minimum Gasteiger partial charge on any atom is -0.497 e. The van der Waals surface area contributed by atoms with Crippen LogP contribution in [0.5, 0.6) is 5.75 Å². The fourth-order valence-corrected chi connectivity index (χ4v) is 2.46. The fraction of sp³-hybridized carbons (Fsp3) is 0.562. The van der Waals surface area contributed by atoms with Crippen molar-refractivity contribution in [2.45, 2.75) is 19.4 Å². The molecule has 2 rings (SSSR count). The monoisotopic (exact) mass is 307 g/mol. The van der Waals surface area contributed by atoms with Gasteiger partial charge in [0, 0.05) is 44.5 Å². The molecule has 0 aliphatic carbocycles. The summed E-state index contributed by atoms with van der Waals surface area (Å²) in [5.74, 6) is 0.719. The number of aliphatic hydroxyl groups excluding tert-OH is 1. The number of carbonyl (C=O) groups excluding carboxylic acids is 1. The highest BCUT2D eigenvalue weighted by atomic mass is 16.5. The molecule has 1 saturated heterocycles. The predicted molar refractivity (Wildman–Crippen MR) is 86.3 cm³/mol. The molecule has 1 aliphatic rings. The molecule has 1 aromatic carbocycles. The lowest BCUT2D eigenvalue weighted by molar-refractivity contribution is 0.0812. The van der Waals surface area contributed by atoms with Gasteiger partial charge in [0.15, 0.2) is 0 Å². The van der Waals surface area contributed by atoms with Crippen LogP contribution < -0.4 is 10.1 Å². The van der Waals surface area contributed by atoms with Crippen molar-refractivity contribution in [1.82, 2.24) is 9.80 Å². The number of nitrogens with zero attached hydrogens (tertiary/aromatic N) is 2. The van der Waals surface area contributed by atoms with E-state index in [1.54, 1.807) is 18.1 Å². The van der Waals surface area contributed by atoms with Crippen LogP contribution in [0.3, 0.4) is 0 Å². The maximum atomic E-state index is 12.3. The Bertz CT molecular complexity index is 487. The average molecular weight is 307 g/mol. The van der Waals surface area contributed by atoms with Crippen molar-refractivity contribution in [2.24, 2.45) is 0 Å². The van der Waals surface area contributed by atoms with Crippen molar-refractivity contribution in [1.29, 1.82) is 0 Å². The summed E-state index contributed by atoms with van der Waals surface area (Å²) in [5, 5.41) is 12.6. The Morgan fingerprint density at radius 1 is 1.36 bits per heavy atom. The molecule has 0 aromatic heterocycles. The zero-order chi connectivity index (χ0) is 15.9. The molecule has 6 heteroatoms. The number of urea groups is 1. The van der Waals surface area contributed by atoms with Gasteiger partial charge in [-0.25, -0.2) is 4.79 Å². The van der Waals surface area contributed by atoms with Crippen LogP contribution in [0.4, 0.5) is 10.5 Å². The van der Waals surface area contributed by atoms with Crippen molar-refractivity contribution in [2.75, 3.05) is 45.2 Å². The van der Waals surface area contributed by atoms with Crippen LogP contribution in [0.25, 0.3) is 0 Å². The van der Waals surface area contributed by atoms with Gasteiger partial charge >= 0.3 is 6.03 Å². The Hall–Kier alpha value is -1.79. The normalized spacial score (nSPS) is 17.1. The molecule has 1 aliphatic heterocycles. The lowest BCUT2D eigenvalue weighted by Crippen LogP contribution is -2.51. The molecule has 22 heavy (non-hydrogen) atoms. The van der Waals surface area contributed by atoms with Crippen LogP contribution in [0.1, 0.15) is 13.3 Å². The predicted octanol–water partition coefficient (Wildman–Crippen LogP) is 1.62. The summed E-state index contributed by atoms with van der Waals surface area (Å²) in [7, 11) is 1.60. The van der Waals surface area contributed by atoms with Crippen LogP contribution in [0, 0.1) is 0 Å². The number of benzene rings is 1. The van der Waals surface area contributed by atoms with E-state index in [2.05, 4.69) is 10.2 Å².